The largest absolute Gasteiger partial charge is 0.489 e. The smallest absolute Gasteiger partial charge is 0.222 e. The number of halogens is 1. The van der Waals surface area contributed by atoms with Crippen molar-refractivity contribution in [2.24, 2.45) is 17.1 Å². The Balaban J connectivity index is 1.62. The topological polar surface area (TPSA) is 98.5 Å². The highest BCUT2D eigenvalue weighted by Crippen LogP contribution is 2.53. The molecule has 172 valence electrons. The summed E-state index contributed by atoms with van der Waals surface area (Å²) in [4.78, 5) is 12.5. The van der Waals surface area contributed by atoms with Crippen LogP contribution >= 0.6 is 0 Å². The van der Waals surface area contributed by atoms with E-state index in [1.165, 1.54) is 0 Å². The molecule has 1 aromatic rings. The van der Waals surface area contributed by atoms with E-state index in [1.807, 2.05) is 13.8 Å². The molecule has 0 unspecified atom stereocenters. The predicted octanol–water partition coefficient (Wildman–Crippen LogP) is 3.52. The zero-order chi connectivity index (χ0) is 22.7. The molecule has 2 bridgehead atoms. The molecule has 0 spiro atoms. The molecule has 6 nitrogen and oxygen atoms in total. The van der Waals surface area contributed by atoms with Gasteiger partial charge in [-0.15, -0.1) is 0 Å². The number of carbonyl (C=O) groups is 1. The number of fused-ring (bicyclic) bond motifs is 3. The van der Waals surface area contributed by atoms with E-state index in [0.717, 1.165) is 38.5 Å². The number of sulfone groups is 1. The predicted molar refractivity (Wildman–Crippen MR) is 118 cm³/mol. The summed E-state index contributed by atoms with van der Waals surface area (Å²) in [6.07, 6.45) is 5.35. The summed E-state index contributed by atoms with van der Waals surface area (Å²) in [5.74, 6) is 0.608. The second kappa shape index (κ2) is 9.28. The van der Waals surface area contributed by atoms with Crippen LogP contribution in [0.1, 0.15) is 52.4 Å². The first-order valence-corrected chi connectivity index (χ1v) is 12.5. The highest BCUT2D eigenvalue weighted by atomic mass is 32.2. The molecule has 3 aliphatic carbocycles. The lowest BCUT2D eigenvalue weighted by atomic mass is 9.58. The molecule has 0 radical (unpaired) electrons. The Hall–Kier alpha value is -1.93. The van der Waals surface area contributed by atoms with Crippen molar-refractivity contribution >= 4 is 15.7 Å². The van der Waals surface area contributed by atoms with Crippen LogP contribution in [0.4, 0.5) is 4.39 Å². The first-order valence-electron chi connectivity index (χ1n) is 10.9. The molecule has 0 atom stereocenters. The molecule has 4 rings (SSSR count). The van der Waals surface area contributed by atoms with Crippen LogP contribution in [-0.4, -0.2) is 38.8 Å². The monoisotopic (exact) mass is 452 g/mol. The number of benzene rings is 1. The first kappa shape index (κ1) is 23.7. The SMILES string of the molecule is CC(C)C(=O)NC12CCC(CS(=O)(=O)c3ccc(OCC(=CF)CN)cc3)(CC1)CC2. The second-order valence-electron chi connectivity index (χ2n) is 9.41. The van der Waals surface area contributed by atoms with E-state index >= 15 is 0 Å². The number of nitrogens with two attached hydrogens (primary N) is 1. The van der Waals surface area contributed by atoms with E-state index in [4.69, 9.17) is 10.5 Å². The Morgan fingerprint density at radius 1 is 1.16 bits per heavy atom. The summed E-state index contributed by atoms with van der Waals surface area (Å²) in [7, 11) is -3.45. The zero-order valence-corrected chi connectivity index (χ0v) is 19.1. The number of hydrogen-bond donors (Lipinski definition) is 2. The fourth-order valence-electron chi connectivity index (χ4n) is 4.61. The van der Waals surface area contributed by atoms with Crippen LogP contribution in [0.25, 0.3) is 0 Å². The highest BCUT2D eigenvalue weighted by Gasteiger charge is 2.51. The molecule has 8 heteroatoms. The van der Waals surface area contributed by atoms with Crippen LogP contribution in [-0.2, 0) is 14.6 Å². The van der Waals surface area contributed by atoms with E-state index in [-0.39, 0.29) is 46.6 Å². The fourth-order valence-corrected chi connectivity index (χ4v) is 6.57. The van der Waals surface area contributed by atoms with Gasteiger partial charge in [-0.3, -0.25) is 4.79 Å². The van der Waals surface area contributed by atoms with E-state index in [1.54, 1.807) is 24.3 Å². The van der Waals surface area contributed by atoms with Gasteiger partial charge in [0, 0.05) is 23.6 Å². The summed E-state index contributed by atoms with van der Waals surface area (Å²) < 4.78 is 44.3. The minimum absolute atomic E-state index is 0.0251. The molecule has 3 saturated carbocycles. The fraction of sp³-hybridized carbons (Fsp3) is 0.609. The number of amides is 1. The van der Waals surface area contributed by atoms with Crippen molar-refractivity contribution in [2.75, 3.05) is 18.9 Å². The lowest BCUT2D eigenvalue weighted by Gasteiger charge is -2.53. The van der Waals surface area contributed by atoms with Crippen molar-refractivity contribution < 1.29 is 22.3 Å². The van der Waals surface area contributed by atoms with Gasteiger partial charge in [0.15, 0.2) is 9.84 Å². The van der Waals surface area contributed by atoms with Crippen LogP contribution in [0.5, 0.6) is 5.75 Å². The maximum atomic E-state index is 13.1. The Kier molecular flexibility index (Phi) is 7.11. The van der Waals surface area contributed by atoms with Gasteiger partial charge in [0.05, 0.1) is 17.0 Å². The van der Waals surface area contributed by atoms with Crippen LogP contribution in [0.2, 0.25) is 0 Å². The molecule has 3 N–H and O–H groups in total. The van der Waals surface area contributed by atoms with Gasteiger partial charge in [-0.1, -0.05) is 13.8 Å². The van der Waals surface area contributed by atoms with Crippen LogP contribution < -0.4 is 15.8 Å². The minimum atomic E-state index is -3.45. The van der Waals surface area contributed by atoms with E-state index < -0.39 is 9.84 Å². The van der Waals surface area contributed by atoms with Gasteiger partial charge in [-0.05, 0) is 68.2 Å². The molecule has 0 heterocycles. The molecular weight excluding hydrogens is 419 g/mol. The summed E-state index contributed by atoms with van der Waals surface area (Å²) in [5, 5.41) is 3.23. The highest BCUT2D eigenvalue weighted by molar-refractivity contribution is 7.91. The zero-order valence-electron chi connectivity index (χ0n) is 18.3. The molecule has 0 aromatic heterocycles. The Labute approximate surface area is 184 Å². The van der Waals surface area contributed by atoms with Gasteiger partial charge in [0.25, 0.3) is 0 Å². The molecule has 0 aliphatic heterocycles. The van der Waals surface area contributed by atoms with Gasteiger partial charge < -0.3 is 15.8 Å². The second-order valence-corrected chi connectivity index (χ2v) is 11.4. The van der Waals surface area contributed by atoms with Gasteiger partial charge >= 0.3 is 0 Å². The number of nitrogens with one attached hydrogen (secondary N) is 1. The van der Waals surface area contributed by atoms with Gasteiger partial charge in [0.1, 0.15) is 12.4 Å². The summed E-state index contributed by atoms with van der Waals surface area (Å²) in [6, 6.07) is 6.26. The third kappa shape index (κ3) is 5.47. The number of carbonyl (C=O) groups excluding carboxylic acids is 1. The number of rotatable bonds is 9. The molecule has 0 saturated heterocycles. The van der Waals surface area contributed by atoms with Crippen molar-refractivity contribution in [3.63, 3.8) is 0 Å². The molecule has 3 fully saturated rings. The van der Waals surface area contributed by atoms with Crippen molar-refractivity contribution in [2.45, 2.75) is 62.8 Å². The van der Waals surface area contributed by atoms with Crippen molar-refractivity contribution in [3.05, 3.63) is 36.2 Å². The average Bonchev–Trinajstić information content (AvgIpc) is 2.75. The van der Waals surface area contributed by atoms with Crippen molar-refractivity contribution in [3.8, 4) is 5.75 Å². The summed E-state index contributed by atoms with van der Waals surface area (Å²) in [6.45, 7) is 3.87. The minimum Gasteiger partial charge on any atom is -0.489 e. The lowest BCUT2D eigenvalue weighted by molar-refractivity contribution is -0.128. The summed E-state index contributed by atoms with van der Waals surface area (Å²) >= 11 is 0. The van der Waals surface area contributed by atoms with Crippen LogP contribution in [0.3, 0.4) is 0 Å². The van der Waals surface area contributed by atoms with Crippen molar-refractivity contribution in [1.29, 1.82) is 0 Å². The molecular formula is C23H33FN2O4S. The Bertz CT molecular complexity index is 901. The maximum Gasteiger partial charge on any atom is 0.222 e. The number of ether oxygens (including phenoxy) is 1. The van der Waals surface area contributed by atoms with Crippen LogP contribution in [0, 0.1) is 11.3 Å². The van der Waals surface area contributed by atoms with Crippen molar-refractivity contribution in [1.82, 2.24) is 5.32 Å². The molecule has 1 aromatic carbocycles. The summed E-state index contributed by atoms with van der Waals surface area (Å²) in [5.41, 5.74) is 5.34. The molecule has 31 heavy (non-hydrogen) atoms. The van der Waals surface area contributed by atoms with Gasteiger partial charge in [-0.25, -0.2) is 12.8 Å². The van der Waals surface area contributed by atoms with Gasteiger partial charge in [0.2, 0.25) is 5.91 Å². The molecule has 1 amide bonds. The average molecular weight is 453 g/mol. The Morgan fingerprint density at radius 2 is 1.74 bits per heavy atom. The quantitative estimate of drug-likeness (QED) is 0.597. The van der Waals surface area contributed by atoms with Crippen LogP contribution in [0.15, 0.2) is 41.1 Å². The third-order valence-electron chi connectivity index (χ3n) is 6.83. The third-order valence-corrected chi connectivity index (χ3v) is 8.82. The standard InChI is InChI=1S/C23H33FN2O4S/c1-17(2)21(27)26-23-10-7-22(8-11-23,9-12-23)16-31(28,29)20-5-3-19(4-6-20)30-15-18(13-24)14-25/h3-6,13,17H,7-12,14-16,25H2,1-2H3,(H,26,27). The van der Waals surface area contributed by atoms with E-state index in [9.17, 15) is 17.6 Å². The van der Waals surface area contributed by atoms with E-state index in [2.05, 4.69) is 5.32 Å². The lowest BCUT2D eigenvalue weighted by Crippen LogP contribution is -2.58. The van der Waals surface area contributed by atoms with Gasteiger partial charge in [-0.2, -0.15) is 0 Å². The Morgan fingerprint density at radius 3 is 2.23 bits per heavy atom. The number of hydrogen-bond acceptors (Lipinski definition) is 5. The molecule has 3 aliphatic rings. The first-order chi connectivity index (χ1) is 14.6. The normalized spacial score (nSPS) is 26.2. The maximum absolute atomic E-state index is 13.1. The van der Waals surface area contributed by atoms with E-state index in [0.29, 0.717) is 17.7 Å².